The molecule has 0 fully saturated rings. The number of nitrogens with zero attached hydrogens (tertiary/aromatic N) is 2. The molecule has 14 heteroatoms. The van der Waals surface area contributed by atoms with E-state index in [0.717, 1.165) is 29.8 Å². The summed E-state index contributed by atoms with van der Waals surface area (Å²) in [6.07, 6.45) is 0. The summed E-state index contributed by atoms with van der Waals surface area (Å²) in [6, 6.07) is 6.40. The van der Waals surface area contributed by atoms with E-state index in [1.807, 2.05) is 18.7 Å². The molecule has 14 nitrogen and oxygen atoms in total. The van der Waals surface area contributed by atoms with Crippen LogP contribution < -0.4 is 0 Å². The minimum atomic E-state index is -2.67. The Balaban J connectivity index is 0.000000273. The van der Waals surface area contributed by atoms with E-state index in [1.165, 1.54) is 19.2 Å². The topological polar surface area (TPSA) is 211 Å². The number of fused-ring (bicyclic) bond motifs is 1. The van der Waals surface area contributed by atoms with Crippen molar-refractivity contribution in [3.63, 3.8) is 0 Å². The second-order valence-electron chi connectivity index (χ2n) is 8.19. The molecule has 0 saturated heterocycles. The fourth-order valence-electron chi connectivity index (χ4n) is 4.16. The average molecular weight is 520 g/mol. The fourth-order valence-corrected chi connectivity index (χ4v) is 4.16. The van der Waals surface area contributed by atoms with Crippen molar-refractivity contribution in [1.82, 2.24) is 4.90 Å². The van der Waals surface area contributed by atoms with Gasteiger partial charge in [0, 0.05) is 23.5 Å². The van der Waals surface area contributed by atoms with Crippen LogP contribution in [0.3, 0.4) is 0 Å². The van der Waals surface area contributed by atoms with Gasteiger partial charge in [-0.25, -0.2) is 4.79 Å². The molecule has 37 heavy (non-hydrogen) atoms. The Labute approximate surface area is 209 Å². The van der Waals surface area contributed by atoms with Gasteiger partial charge in [-0.15, -0.1) is 0 Å². The smallest absolute Gasteiger partial charge is 0.336 e. The van der Waals surface area contributed by atoms with Crippen molar-refractivity contribution in [1.29, 1.82) is 0 Å². The number of carbonyl (C=O) groups excluding carboxylic acids is 2. The van der Waals surface area contributed by atoms with Gasteiger partial charge in [0.2, 0.25) is 0 Å². The number of hydrogen-bond donors (Lipinski definition) is 3. The zero-order chi connectivity index (χ0) is 28.4. The highest BCUT2D eigenvalue weighted by atomic mass is 16.6. The molecule has 3 N–H and O–H groups in total. The molecule has 2 aliphatic heterocycles. The van der Waals surface area contributed by atoms with Crippen molar-refractivity contribution in [2.45, 2.75) is 26.7 Å². The van der Waals surface area contributed by atoms with Crippen LogP contribution >= 0.6 is 0 Å². The quantitative estimate of drug-likeness (QED) is 0.193. The highest BCUT2D eigenvalue weighted by molar-refractivity contribution is 6.09. The van der Waals surface area contributed by atoms with Crippen LogP contribution in [0.4, 0.5) is 5.69 Å². The molecule has 198 valence electrons. The number of carboxylic acids is 3. The minimum Gasteiger partial charge on any atom is -0.481 e. The number of nitro groups is 1. The molecule has 0 aromatic heterocycles. The largest absolute Gasteiger partial charge is 0.481 e. The molecule has 1 aromatic rings. The molecule has 3 rings (SSSR count). The summed E-state index contributed by atoms with van der Waals surface area (Å²) in [5.41, 5.74) is 1.59. The number of rotatable bonds is 8. The first-order valence-electron chi connectivity index (χ1n) is 10.5. The number of carbonyl (C=O) groups is 5. The van der Waals surface area contributed by atoms with E-state index < -0.39 is 46.1 Å². The van der Waals surface area contributed by atoms with Crippen LogP contribution in [0.5, 0.6) is 0 Å². The van der Waals surface area contributed by atoms with Crippen LogP contribution in [0.15, 0.2) is 46.9 Å². The van der Waals surface area contributed by atoms with E-state index >= 15 is 0 Å². The molecule has 2 heterocycles. The Bertz CT molecular complexity index is 1250. The number of nitro benzene ring substituents is 1. The van der Waals surface area contributed by atoms with Crippen molar-refractivity contribution < 1.29 is 53.7 Å². The number of hydrogen-bond acceptors (Lipinski definition) is 10. The standard InChI is InChI=1S/C15H14N2O4.C8H10O8/c1-8-12(15(18)21-3)13(14-9(2)16(8)14)10-5-4-6-11(7-10)17(19)20;1-8(6(13)14,7(15)16-2)3(4(9)10)5(11)12/h4-7,13H,1-3H3;3H,1-2H3,(H,9,10)(H,11,12)(H,13,14)/t13-,16?;/m0./s1. The molecule has 0 bridgehead atoms. The molecule has 1 aromatic carbocycles. The SMILES string of the molecule is COC(=O)C(C)(C(=O)O)C(C(=O)O)C(=O)O.COC(=O)C1=C(C)N2C(C)=C2[C@H]1c1cccc([N+](=O)[O-])c1. The van der Waals surface area contributed by atoms with Gasteiger partial charge < -0.3 is 29.7 Å². The van der Waals surface area contributed by atoms with Gasteiger partial charge in [-0.05, 0) is 26.3 Å². The van der Waals surface area contributed by atoms with Crippen molar-refractivity contribution in [3.8, 4) is 0 Å². The van der Waals surface area contributed by atoms with Crippen molar-refractivity contribution in [2.24, 2.45) is 11.3 Å². The maximum absolute atomic E-state index is 12.0. The Morgan fingerprint density at radius 2 is 1.59 bits per heavy atom. The first-order valence-corrected chi connectivity index (χ1v) is 10.5. The molecule has 1 unspecified atom stereocenters. The van der Waals surface area contributed by atoms with E-state index in [9.17, 15) is 34.1 Å². The van der Waals surface area contributed by atoms with Gasteiger partial charge in [0.05, 0.1) is 36.3 Å². The van der Waals surface area contributed by atoms with E-state index in [2.05, 4.69) is 4.74 Å². The Morgan fingerprint density at radius 3 is 2.03 bits per heavy atom. The number of esters is 2. The lowest BCUT2D eigenvalue weighted by molar-refractivity contribution is -0.384. The lowest BCUT2D eigenvalue weighted by atomic mass is 9.77. The summed E-state index contributed by atoms with van der Waals surface area (Å²) >= 11 is 0. The second kappa shape index (κ2) is 10.5. The summed E-state index contributed by atoms with van der Waals surface area (Å²) in [5, 5.41) is 37.0. The van der Waals surface area contributed by atoms with E-state index in [-0.39, 0.29) is 11.6 Å². The fraction of sp³-hybridized carbons (Fsp3) is 0.348. The molecular formula is C23H24N2O12. The summed E-state index contributed by atoms with van der Waals surface area (Å²) in [7, 11) is 2.18. The van der Waals surface area contributed by atoms with Crippen LogP contribution in [0, 0.1) is 21.4 Å². The van der Waals surface area contributed by atoms with Crippen LogP contribution in [-0.4, -0.2) is 69.2 Å². The Morgan fingerprint density at radius 1 is 1.03 bits per heavy atom. The number of benzene rings is 1. The van der Waals surface area contributed by atoms with Crippen molar-refractivity contribution in [3.05, 3.63) is 62.6 Å². The molecule has 2 atom stereocenters. The van der Waals surface area contributed by atoms with Gasteiger partial charge in [0.1, 0.15) is 0 Å². The second-order valence-corrected chi connectivity index (χ2v) is 8.19. The van der Waals surface area contributed by atoms with E-state index in [1.54, 1.807) is 12.1 Å². The molecule has 0 radical (unpaired) electrons. The highest BCUT2D eigenvalue weighted by Gasteiger charge is 2.57. The van der Waals surface area contributed by atoms with Gasteiger partial charge >= 0.3 is 29.8 Å². The normalized spacial score (nSPS) is 17.2. The summed E-state index contributed by atoms with van der Waals surface area (Å²) in [5.74, 6) is -10.3. The van der Waals surface area contributed by atoms with Gasteiger partial charge in [-0.1, -0.05) is 12.1 Å². The molecule has 2 aliphatic rings. The van der Waals surface area contributed by atoms with E-state index in [0.29, 0.717) is 12.5 Å². The Kier molecular flexibility index (Phi) is 8.06. The molecule has 0 aliphatic carbocycles. The minimum absolute atomic E-state index is 0.0201. The van der Waals surface area contributed by atoms with Crippen LogP contribution in [0.1, 0.15) is 32.3 Å². The van der Waals surface area contributed by atoms with Crippen molar-refractivity contribution >= 4 is 35.5 Å². The molecule has 0 saturated carbocycles. The third kappa shape index (κ3) is 4.98. The van der Waals surface area contributed by atoms with Gasteiger partial charge in [-0.3, -0.25) is 29.3 Å². The maximum atomic E-state index is 12.0. The van der Waals surface area contributed by atoms with Gasteiger partial charge in [0.15, 0.2) is 11.3 Å². The van der Waals surface area contributed by atoms with Crippen molar-refractivity contribution in [2.75, 3.05) is 14.2 Å². The molecule has 0 amide bonds. The number of aliphatic carboxylic acids is 3. The highest BCUT2D eigenvalue weighted by Crippen LogP contribution is 2.56. The van der Waals surface area contributed by atoms with Crippen LogP contribution in [-0.2, 0) is 33.4 Å². The zero-order valence-corrected chi connectivity index (χ0v) is 20.4. The molecule has 0 spiro atoms. The third-order valence-electron chi connectivity index (χ3n) is 6.13. The number of non-ortho nitro benzene ring substituents is 1. The zero-order valence-electron chi connectivity index (χ0n) is 20.4. The lowest BCUT2D eigenvalue weighted by Crippen LogP contribution is -2.50. The lowest BCUT2D eigenvalue weighted by Gasteiger charge is -2.25. The predicted molar refractivity (Wildman–Crippen MR) is 122 cm³/mol. The Hall–Kier alpha value is -4.75. The number of carboxylic acid groups (broad SMARTS) is 3. The number of methoxy groups -OCH3 is 2. The summed E-state index contributed by atoms with van der Waals surface area (Å²) in [6.45, 7) is 4.52. The first kappa shape index (κ1) is 28.5. The number of ether oxygens (including phenoxy) is 2. The number of allylic oxidation sites excluding steroid dienone is 3. The van der Waals surface area contributed by atoms with Crippen LogP contribution in [0.2, 0.25) is 0 Å². The van der Waals surface area contributed by atoms with Gasteiger partial charge in [0.25, 0.3) is 5.69 Å². The maximum Gasteiger partial charge on any atom is 0.336 e. The molecular weight excluding hydrogens is 496 g/mol. The third-order valence-corrected chi connectivity index (χ3v) is 6.13. The predicted octanol–water partition coefficient (Wildman–Crippen LogP) is 1.72. The summed E-state index contributed by atoms with van der Waals surface area (Å²) < 4.78 is 8.97. The van der Waals surface area contributed by atoms with E-state index in [4.69, 9.17) is 20.1 Å². The average Bonchev–Trinajstić information content (AvgIpc) is 3.38. The monoisotopic (exact) mass is 520 g/mol. The van der Waals surface area contributed by atoms with Gasteiger partial charge in [-0.2, -0.15) is 0 Å². The first-order chi connectivity index (χ1) is 17.2. The summed E-state index contributed by atoms with van der Waals surface area (Å²) in [4.78, 5) is 67.9. The van der Waals surface area contributed by atoms with Crippen LogP contribution in [0.25, 0.3) is 0 Å².